The topological polar surface area (TPSA) is 49.2 Å². The van der Waals surface area contributed by atoms with Crippen molar-refractivity contribution in [1.82, 2.24) is 14.5 Å². The second-order valence-corrected chi connectivity index (χ2v) is 14.1. The molecule has 6 heteroatoms. The molecule has 4 rings (SSSR count). The molecule has 0 N–H and O–H groups in total. The number of pyridine rings is 2. The van der Waals surface area contributed by atoms with Gasteiger partial charge in [-0.3, -0.25) is 4.98 Å². The molecule has 1 aromatic carbocycles. The first-order valence-electron chi connectivity index (χ1n) is 10.2. The van der Waals surface area contributed by atoms with Gasteiger partial charge >= 0.3 is 0 Å². The molecule has 154 valence electrons. The highest BCUT2D eigenvalue weighted by Crippen LogP contribution is 2.37. The Morgan fingerprint density at radius 2 is 1.80 bits per heavy atom. The predicted octanol–water partition coefficient (Wildman–Crippen LogP) is 6.20. The van der Waals surface area contributed by atoms with Crippen molar-refractivity contribution in [3.05, 3.63) is 73.3 Å². The fraction of sp³-hybridized carbons (Fsp3) is 0.250. The van der Waals surface area contributed by atoms with Crippen LogP contribution in [-0.2, 0) is 11.5 Å². The van der Waals surface area contributed by atoms with Crippen molar-refractivity contribution in [2.24, 2.45) is 0 Å². The first-order valence-corrected chi connectivity index (χ1v) is 13.9. The van der Waals surface area contributed by atoms with E-state index < -0.39 is 8.07 Å². The third kappa shape index (κ3) is 4.78. The largest absolute Gasteiger partial charge is 0.455 e. The van der Waals surface area contributed by atoms with Crippen molar-refractivity contribution in [1.29, 1.82) is 0 Å². The highest BCUT2D eigenvalue weighted by Gasteiger charge is 2.17. The van der Waals surface area contributed by atoms with E-state index in [4.69, 9.17) is 9.47 Å². The summed E-state index contributed by atoms with van der Waals surface area (Å²) < 4.78 is 14.3. The average Bonchev–Trinajstić information content (AvgIpc) is 3.12. The lowest BCUT2D eigenvalue weighted by Gasteiger charge is -2.15. The van der Waals surface area contributed by atoms with E-state index in [-0.39, 0.29) is 0 Å². The lowest BCUT2D eigenvalue weighted by molar-refractivity contribution is 0.0899. The zero-order chi connectivity index (χ0) is 21.0. The molecule has 0 aliphatic carbocycles. The fourth-order valence-electron chi connectivity index (χ4n) is 3.28. The molecule has 30 heavy (non-hydrogen) atoms. The van der Waals surface area contributed by atoms with Crippen molar-refractivity contribution in [2.45, 2.75) is 32.4 Å². The standard InChI is InChI=1S/C24H27N3O2Si/c1-30(2,3)15-14-28-18-27-17-21(19-8-5-4-6-9-19)23-22(11-13-26-24(23)27)29-20-10-7-12-25-16-20/h4-13,16-17H,14-15,18H2,1-3H3. The van der Waals surface area contributed by atoms with Crippen molar-refractivity contribution in [2.75, 3.05) is 6.61 Å². The van der Waals surface area contributed by atoms with E-state index >= 15 is 0 Å². The Balaban J connectivity index is 1.72. The minimum Gasteiger partial charge on any atom is -0.455 e. The molecule has 0 aliphatic heterocycles. The second kappa shape index (κ2) is 8.81. The van der Waals surface area contributed by atoms with Gasteiger partial charge in [0.25, 0.3) is 0 Å². The number of ether oxygens (including phenoxy) is 2. The van der Waals surface area contributed by atoms with E-state index in [1.165, 1.54) is 0 Å². The van der Waals surface area contributed by atoms with Gasteiger partial charge in [0.05, 0.1) is 11.6 Å². The summed E-state index contributed by atoms with van der Waals surface area (Å²) in [6.07, 6.45) is 7.34. The lowest BCUT2D eigenvalue weighted by atomic mass is 10.1. The molecule has 4 aromatic rings. The number of nitrogens with zero attached hydrogens (tertiary/aromatic N) is 3. The van der Waals surface area contributed by atoms with Gasteiger partial charge in [0.15, 0.2) is 0 Å². The van der Waals surface area contributed by atoms with Crippen LogP contribution in [0.25, 0.3) is 22.2 Å². The van der Waals surface area contributed by atoms with Gasteiger partial charge in [-0.05, 0) is 29.8 Å². The molecular weight excluding hydrogens is 390 g/mol. The zero-order valence-electron chi connectivity index (χ0n) is 17.7. The second-order valence-electron chi connectivity index (χ2n) is 8.53. The summed E-state index contributed by atoms with van der Waals surface area (Å²) in [6, 6.07) is 17.1. The molecular formula is C24H27N3O2Si. The van der Waals surface area contributed by atoms with Crippen LogP contribution in [0.2, 0.25) is 25.7 Å². The first-order chi connectivity index (χ1) is 14.5. The summed E-state index contributed by atoms with van der Waals surface area (Å²) in [5, 5.41) is 0.973. The maximum Gasteiger partial charge on any atom is 0.146 e. The Morgan fingerprint density at radius 3 is 2.53 bits per heavy atom. The lowest BCUT2D eigenvalue weighted by Crippen LogP contribution is -2.22. The van der Waals surface area contributed by atoms with Gasteiger partial charge in [0, 0.05) is 38.8 Å². The van der Waals surface area contributed by atoms with Crippen LogP contribution in [0.4, 0.5) is 0 Å². The van der Waals surface area contributed by atoms with Gasteiger partial charge in [0.2, 0.25) is 0 Å². The maximum absolute atomic E-state index is 6.19. The molecule has 0 spiro atoms. The molecule has 5 nitrogen and oxygen atoms in total. The Morgan fingerprint density at radius 1 is 0.967 bits per heavy atom. The van der Waals surface area contributed by atoms with Crippen LogP contribution in [0, 0.1) is 0 Å². The van der Waals surface area contributed by atoms with Crippen molar-refractivity contribution < 1.29 is 9.47 Å². The summed E-state index contributed by atoms with van der Waals surface area (Å²) in [5.41, 5.74) is 3.04. The van der Waals surface area contributed by atoms with Crippen LogP contribution in [0.5, 0.6) is 11.5 Å². The molecule has 0 saturated heterocycles. The van der Waals surface area contributed by atoms with Gasteiger partial charge in [-0.2, -0.15) is 0 Å². The SMILES string of the molecule is C[Si](C)(C)CCOCn1cc(-c2ccccc2)c2c(Oc3cccnc3)ccnc21. The Hall–Kier alpha value is -2.96. The number of hydrogen-bond donors (Lipinski definition) is 0. The number of fused-ring (bicyclic) bond motifs is 1. The van der Waals surface area contributed by atoms with Crippen molar-refractivity contribution in [3.8, 4) is 22.6 Å². The Bertz CT molecular complexity index is 1110. The average molecular weight is 418 g/mol. The Kier molecular flexibility index (Phi) is 5.97. The monoisotopic (exact) mass is 417 g/mol. The predicted molar refractivity (Wildman–Crippen MR) is 124 cm³/mol. The molecule has 0 bridgehead atoms. The number of benzene rings is 1. The summed E-state index contributed by atoms with van der Waals surface area (Å²) in [6.45, 7) is 8.31. The van der Waals surface area contributed by atoms with Crippen molar-refractivity contribution in [3.63, 3.8) is 0 Å². The smallest absolute Gasteiger partial charge is 0.146 e. The first kappa shape index (κ1) is 20.3. The van der Waals surface area contributed by atoms with Crippen LogP contribution >= 0.6 is 0 Å². The molecule has 0 atom stereocenters. The summed E-state index contributed by atoms with van der Waals surface area (Å²) in [5.74, 6) is 1.45. The minimum absolute atomic E-state index is 0.469. The van der Waals surface area contributed by atoms with Crippen LogP contribution in [-0.4, -0.2) is 29.2 Å². The van der Waals surface area contributed by atoms with Gasteiger partial charge in [0.1, 0.15) is 23.9 Å². The normalized spacial score (nSPS) is 11.7. The highest BCUT2D eigenvalue weighted by molar-refractivity contribution is 6.76. The van der Waals surface area contributed by atoms with Gasteiger partial charge in [-0.1, -0.05) is 50.0 Å². The quantitative estimate of drug-likeness (QED) is 0.253. The maximum atomic E-state index is 6.19. The van der Waals surface area contributed by atoms with E-state index in [1.807, 2.05) is 36.4 Å². The van der Waals surface area contributed by atoms with E-state index in [9.17, 15) is 0 Å². The van der Waals surface area contributed by atoms with E-state index in [0.29, 0.717) is 12.5 Å². The minimum atomic E-state index is -1.12. The molecule has 3 aromatic heterocycles. The van der Waals surface area contributed by atoms with Crippen LogP contribution < -0.4 is 4.74 Å². The third-order valence-electron chi connectivity index (χ3n) is 4.89. The number of rotatable bonds is 8. The van der Waals surface area contributed by atoms with Gasteiger partial charge < -0.3 is 14.0 Å². The third-order valence-corrected chi connectivity index (χ3v) is 6.60. The highest BCUT2D eigenvalue weighted by atomic mass is 28.3. The number of aromatic nitrogens is 3. The molecule has 0 aliphatic rings. The molecule has 0 radical (unpaired) electrons. The van der Waals surface area contributed by atoms with Crippen LogP contribution in [0.1, 0.15) is 0 Å². The van der Waals surface area contributed by atoms with Gasteiger partial charge in [-0.15, -0.1) is 0 Å². The van der Waals surface area contributed by atoms with E-state index in [2.05, 4.69) is 52.5 Å². The summed E-state index contributed by atoms with van der Waals surface area (Å²) in [4.78, 5) is 8.81. The van der Waals surface area contributed by atoms with Crippen molar-refractivity contribution >= 4 is 19.1 Å². The summed E-state index contributed by atoms with van der Waals surface area (Å²) in [7, 11) is -1.12. The summed E-state index contributed by atoms with van der Waals surface area (Å²) >= 11 is 0. The molecule has 3 heterocycles. The van der Waals surface area contributed by atoms with E-state index in [1.54, 1.807) is 18.6 Å². The van der Waals surface area contributed by atoms with E-state index in [0.717, 1.165) is 40.6 Å². The Labute approximate surface area is 178 Å². The molecule has 0 amide bonds. The van der Waals surface area contributed by atoms with Crippen LogP contribution in [0.3, 0.4) is 0 Å². The van der Waals surface area contributed by atoms with Gasteiger partial charge in [-0.25, -0.2) is 4.98 Å². The zero-order valence-corrected chi connectivity index (χ0v) is 18.7. The molecule has 0 fully saturated rings. The number of hydrogen-bond acceptors (Lipinski definition) is 4. The van der Waals surface area contributed by atoms with Crippen LogP contribution in [0.15, 0.2) is 73.3 Å². The fourth-order valence-corrected chi connectivity index (χ4v) is 4.04. The molecule has 0 unspecified atom stereocenters. The molecule has 0 saturated carbocycles.